The van der Waals surface area contributed by atoms with Crippen LogP contribution >= 0.6 is 22.9 Å². The number of thiophene rings is 1. The summed E-state index contributed by atoms with van der Waals surface area (Å²) >= 11 is 7.40. The summed E-state index contributed by atoms with van der Waals surface area (Å²) in [5.74, 6) is -2.25. The van der Waals surface area contributed by atoms with Gasteiger partial charge in [0.15, 0.2) is 0 Å². The molecule has 2 saturated heterocycles. The number of aliphatic hydroxyl groups is 4. The Labute approximate surface area is 196 Å². The SMILES string of the molecule is CNC1COC2(O)C(OCC(O)C(NC)C1O)OC(C)CC2(O)CNCc1ccc(Cl)s1. The Bertz CT molecular complexity index is 746. The lowest BCUT2D eigenvalue weighted by Gasteiger charge is -2.52. The smallest absolute Gasteiger partial charge is 0.249 e. The molecule has 0 aliphatic carbocycles. The number of hydrogen-bond donors (Lipinski definition) is 7. The zero-order valence-corrected chi connectivity index (χ0v) is 20.0. The molecule has 0 spiro atoms. The lowest BCUT2D eigenvalue weighted by molar-refractivity contribution is -0.427. The molecular formula is C20H34ClN3O7S. The molecule has 184 valence electrons. The largest absolute Gasteiger partial charge is 0.390 e. The Morgan fingerprint density at radius 3 is 2.56 bits per heavy atom. The van der Waals surface area contributed by atoms with Gasteiger partial charge in [-0.2, -0.15) is 0 Å². The number of aliphatic hydroxyl groups excluding tert-OH is 2. The van der Waals surface area contributed by atoms with E-state index in [4.69, 9.17) is 25.8 Å². The third-order valence-corrected chi connectivity index (χ3v) is 7.34. The Kier molecular flexibility index (Phi) is 8.92. The zero-order valence-electron chi connectivity index (χ0n) is 18.5. The summed E-state index contributed by atoms with van der Waals surface area (Å²) in [5.41, 5.74) is -1.77. The van der Waals surface area contributed by atoms with E-state index < -0.39 is 48.1 Å². The maximum absolute atomic E-state index is 11.6. The van der Waals surface area contributed by atoms with Crippen molar-refractivity contribution >= 4 is 22.9 Å². The van der Waals surface area contributed by atoms with Gasteiger partial charge in [-0.25, -0.2) is 0 Å². The average molecular weight is 496 g/mol. The van der Waals surface area contributed by atoms with Crippen LogP contribution in [-0.2, 0) is 20.8 Å². The summed E-state index contributed by atoms with van der Waals surface area (Å²) in [7, 11) is 3.26. The van der Waals surface area contributed by atoms with Crippen LogP contribution in [0.1, 0.15) is 18.2 Å². The van der Waals surface area contributed by atoms with E-state index >= 15 is 0 Å². The number of rotatable bonds is 6. The predicted molar refractivity (Wildman–Crippen MR) is 120 cm³/mol. The molecule has 3 heterocycles. The van der Waals surface area contributed by atoms with Crippen molar-refractivity contribution in [2.75, 3.05) is 33.9 Å². The molecule has 1 aromatic heterocycles. The summed E-state index contributed by atoms with van der Waals surface area (Å²) in [5, 5.41) is 53.4. The Morgan fingerprint density at radius 2 is 1.94 bits per heavy atom. The first-order chi connectivity index (χ1) is 15.1. The van der Waals surface area contributed by atoms with Gasteiger partial charge < -0.3 is 50.6 Å². The standard InChI is InChI=1S/C20H34ClN3O7S/c1-11-6-19(27,10-24-7-12-4-5-15(21)32-12)20(28)18(31-11)29-9-14(25)16(23-3)17(26)13(22-2)8-30-20/h4-5,11,13-14,16-18,22-28H,6-10H2,1-3H3. The van der Waals surface area contributed by atoms with Crippen LogP contribution in [0.25, 0.3) is 0 Å². The Balaban J connectivity index is 1.82. The van der Waals surface area contributed by atoms with E-state index in [1.54, 1.807) is 27.1 Å². The highest BCUT2D eigenvalue weighted by Gasteiger charge is 2.62. The van der Waals surface area contributed by atoms with Gasteiger partial charge in [0.1, 0.15) is 5.60 Å². The second-order valence-electron chi connectivity index (χ2n) is 8.43. The van der Waals surface area contributed by atoms with Gasteiger partial charge >= 0.3 is 0 Å². The molecule has 0 aromatic carbocycles. The molecule has 2 aliphatic heterocycles. The van der Waals surface area contributed by atoms with Crippen molar-refractivity contribution in [2.24, 2.45) is 0 Å². The van der Waals surface area contributed by atoms with Gasteiger partial charge in [-0.3, -0.25) is 0 Å². The van der Waals surface area contributed by atoms with Gasteiger partial charge in [0.2, 0.25) is 12.1 Å². The second kappa shape index (κ2) is 10.9. The molecule has 0 amide bonds. The Hall–Kier alpha value is -0.410. The molecule has 0 bridgehead atoms. The molecule has 2 fully saturated rings. The van der Waals surface area contributed by atoms with Gasteiger partial charge in [-0.1, -0.05) is 11.6 Å². The van der Waals surface area contributed by atoms with E-state index in [0.717, 1.165) is 4.88 Å². The minimum absolute atomic E-state index is 0.0129. The highest BCUT2D eigenvalue weighted by Crippen LogP contribution is 2.40. The fourth-order valence-electron chi connectivity index (χ4n) is 4.29. The lowest BCUT2D eigenvalue weighted by Crippen LogP contribution is -2.73. The van der Waals surface area contributed by atoms with Crippen LogP contribution in [0.4, 0.5) is 0 Å². The van der Waals surface area contributed by atoms with E-state index in [2.05, 4.69) is 16.0 Å². The maximum Gasteiger partial charge on any atom is 0.249 e. The number of hydrogen-bond acceptors (Lipinski definition) is 11. The van der Waals surface area contributed by atoms with Crippen molar-refractivity contribution in [1.82, 2.24) is 16.0 Å². The quantitative estimate of drug-likeness (QED) is 0.262. The molecule has 32 heavy (non-hydrogen) atoms. The summed E-state index contributed by atoms with van der Waals surface area (Å²) in [6, 6.07) is 2.33. The lowest BCUT2D eigenvalue weighted by atomic mass is 9.83. The van der Waals surface area contributed by atoms with E-state index in [1.165, 1.54) is 11.3 Å². The molecule has 1 aromatic rings. The molecule has 0 saturated carbocycles. The minimum atomic E-state index is -2.25. The van der Waals surface area contributed by atoms with Crippen LogP contribution in [0.15, 0.2) is 12.1 Å². The molecule has 0 radical (unpaired) electrons. The minimum Gasteiger partial charge on any atom is -0.390 e. The van der Waals surface area contributed by atoms with E-state index in [9.17, 15) is 20.4 Å². The average Bonchev–Trinajstić information content (AvgIpc) is 3.15. The summed E-state index contributed by atoms with van der Waals surface area (Å²) in [6.45, 7) is 1.77. The van der Waals surface area contributed by atoms with E-state index in [-0.39, 0.29) is 26.2 Å². The van der Waals surface area contributed by atoms with Crippen LogP contribution in [0, 0.1) is 0 Å². The first-order valence-electron chi connectivity index (χ1n) is 10.6. The summed E-state index contributed by atoms with van der Waals surface area (Å²) in [4.78, 5) is 0.977. The van der Waals surface area contributed by atoms with Crippen molar-refractivity contribution in [3.63, 3.8) is 0 Å². The summed E-state index contributed by atoms with van der Waals surface area (Å²) in [6.07, 6.45) is -3.87. The van der Waals surface area contributed by atoms with Crippen molar-refractivity contribution in [2.45, 2.75) is 68.0 Å². The fraction of sp³-hybridized carbons (Fsp3) is 0.800. The number of ether oxygens (including phenoxy) is 3. The van der Waals surface area contributed by atoms with E-state index in [1.807, 2.05) is 6.07 Å². The van der Waals surface area contributed by atoms with Crippen LogP contribution in [0.2, 0.25) is 4.34 Å². The van der Waals surface area contributed by atoms with E-state index in [0.29, 0.717) is 10.9 Å². The third-order valence-electron chi connectivity index (χ3n) is 6.11. The normalized spacial score (nSPS) is 41.2. The molecule has 10 nitrogen and oxygen atoms in total. The van der Waals surface area contributed by atoms with Gasteiger partial charge in [-0.15, -0.1) is 11.3 Å². The van der Waals surface area contributed by atoms with Crippen LogP contribution < -0.4 is 16.0 Å². The van der Waals surface area contributed by atoms with Crippen molar-refractivity contribution in [3.05, 3.63) is 21.3 Å². The Morgan fingerprint density at radius 1 is 1.19 bits per heavy atom. The van der Waals surface area contributed by atoms with Gasteiger partial charge in [0, 0.05) is 24.4 Å². The van der Waals surface area contributed by atoms with Crippen molar-refractivity contribution < 1.29 is 34.6 Å². The fourth-order valence-corrected chi connectivity index (χ4v) is 5.34. The van der Waals surface area contributed by atoms with Crippen molar-refractivity contribution in [3.8, 4) is 0 Å². The van der Waals surface area contributed by atoms with Gasteiger partial charge in [0.05, 0.1) is 47.9 Å². The molecule has 8 unspecified atom stereocenters. The monoisotopic (exact) mass is 495 g/mol. The maximum atomic E-state index is 11.6. The molecule has 8 atom stereocenters. The number of likely N-dealkylation sites (N-methyl/N-ethyl adjacent to an activating group) is 2. The number of nitrogens with one attached hydrogen (secondary N) is 3. The first kappa shape index (κ1) is 26.2. The van der Waals surface area contributed by atoms with Crippen LogP contribution in [0.3, 0.4) is 0 Å². The zero-order chi connectivity index (χ0) is 23.5. The molecular weight excluding hydrogens is 462 g/mol. The highest BCUT2D eigenvalue weighted by molar-refractivity contribution is 7.16. The van der Waals surface area contributed by atoms with Gasteiger partial charge in [-0.05, 0) is 33.2 Å². The molecule has 7 N–H and O–H groups in total. The molecule has 12 heteroatoms. The van der Waals surface area contributed by atoms with Crippen LogP contribution in [0.5, 0.6) is 0 Å². The summed E-state index contributed by atoms with van der Waals surface area (Å²) < 4.78 is 18.0. The number of halogens is 1. The third kappa shape index (κ3) is 5.45. The first-order valence-corrected chi connectivity index (χ1v) is 11.8. The van der Waals surface area contributed by atoms with Crippen LogP contribution in [-0.4, -0.2) is 102 Å². The van der Waals surface area contributed by atoms with Crippen molar-refractivity contribution in [1.29, 1.82) is 0 Å². The number of fused-ring (bicyclic) bond motifs is 1. The second-order valence-corrected chi connectivity index (χ2v) is 10.2. The topological polar surface area (TPSA) is 145 Å². The predicted octanol–water partition coefficient (Wildman–Crippen LogP) is -1.01. The molecule has 3 rings (SSSR count). The molecule has 2 aliphatic rings. The highest BCUT2D eigenvalue weighted by atomic mass is 35.5. The van der Waals surface area contributed by atoms with Gasteiger partial charge in [0.25, 0.3) is 0 Å².